The lowest BCUT2D eigenvalue weighted by atomic mass is 9.83. The highest BCUT2D eigenvalue weighted by molar-refractivity contribution is 8.00. The number of rotatable bonds is 7. The van der Waals surface area contributed by atoms with Crippen LogP contribution in [0.5, 0.6) is 5.75 Å². The third kappa shape index (κ3) is 5.43. The van der Waals surface area contributed by atoms with Crippen LogP contribution in [0.1, 0.15) is 44.9 Å². The van der Waals surface area contributed by atoms with Crippen molar-refractivity contribution in [2.45, 2.75) is 61.6 Å². The van der Waals surface area contributed by atoms with Gasteiger partial charge in [-0.3, -0.25) is 4.79 Å². The van der Waals surface area contributed by atoms with Gasteiger partial charge in [-0.05, 0) is 44.0 Å². The molecule has 1 aliphatic rings. The number of amides is 1. The van der Waals surface area contributed by atoms with E-state index in [4.69, 9.17) is 16.3 Å². The number of aromatic nitrogens is 3. The minimum Gasteiger partial charge on any atom is -0.486 e. The summed E-state index contributed by atoms with van der Waals surface area (Å²) in [5.74, 6) is 1.19. The molecule has 1 aliphatic carbocycles. The van der Waals surface area contributed by atoms with Crippen LogP contribution in [-0.4, -0.2) is 31.5 Å². The Morgan fingerprint density at radius 2 is 2.03 bits per heavy atom. The first-order valence-corrected chi connectivity index (χ1v) is 10.8. The Bertz CT molecular complexity index is 887. The van der Waals surface area contributed by atoms with Crippen molar-refractivity contribution in [3.63, 3.8) is 0 Å². The van der Waals surface area contributed by atoms with E-state index in [2.05, 4.69) is 21.6 Å². The Balaban J connectivity index is 1.57. The second-order valence-corrected chi connectivity index (χ2v) is 8.95. The molecular formula is C20H24ClN5O2S. The van der Waals surface area contributed by atoms with Crippen LogP contribution in [0.2, 0.25) is 5.02 Å². The van der Waals surface area contributed by atoms with Crippen molar-refractivity contribution in [1.82, 2.24) is 20.1 Å². The lowest BCUT2D eigenvalue weighted by Gasteiger charge is -2.32. The summed E-state index contributed by atoms with van der Waals surface area (Å²) in [5, 5.41) is 21.7. The molecule has 29 heavy (non-hydrogen) atoms. The third-order valence-electron chi connectivity index (χ3n) is 5.04. The summed E-state index contributed by atoms with van der Waals surface area (Å²) >= 11 is 7.19. The summed E-state index contributed by atoms with van der Waals surface area (Å²) in [7, 11) is 1.84. The number of hydrogen-bond donors (Lipinski definition) is 1. The highest BCUT2D eigenvalue weighted by Gasteiger charge is 2.35. The molecule has 2 aromatic rings. The highest BCUT2D eigenvalue weighted by Crippen LogP contribution is 2.29. The molecule has 0 radical (unpaired) electrons. The Morgan fingerprint density at radius 3 is 2.69 bits per heavy atom. The molecule has 1 unspecified atom stereocenters. The van der Waals surface area contributed by atoms with Crippen molar-refractivity contribution in [2.75, 3.05) is 0 Å². The fourth-order valence-electron chi connectivity index (χ4n) is 3.22. The molecule has 3 rings (SSSR count). The van der Waals surface area contributed by atoms with Gasteiger partial charge in [0, 0.05) is 12.1 Å². The number of nitrogens with zero attached hydrogens (tertiary/aromatic N) is 4. The third-order valence-corrected chi connectivity index (χ3v) is 6.43. The molecule has 0 saturated heterocycles. The number of nitriles is 1. The second kappa shape index (κ2) is 9.51. The molecule has 1 amide bonds. The van der Waals surface area contributed by atoms with Crippen molar-refractivity contribution in [2.24, 2.45) is 7.05 Å². The molecule has 1 saturated carbocycles. The molecule has 1 aromatic carbocycles. The van der Waals surface area contributed by atoms with Gasteiger partial charge in [0.1, 0.15) is 17.9 Å². The molecule has 0 aliphatic heterocycles. The quantitative estimate of drug-likeness (QED) is 0.666. The van der Waals surface area contributed by atoms with Gasteiger partial charge in [0.15, 0.2) is 11.0 Å². The standard InChI is InChI=1S/C20H24ClN5O2S/c1-14(18(27)23-20(13-22)10-4-3-5-11-20)29-19-25-24-17(26(19)2)12-28-16-8-6-15(21)7-9-16/h6-9,14H,3-5,10-12H2,1-2H3,(H,23,27). The smallest absolute Gasteiger partial charge is 0.234 e. The van der Waals surface area contributed by atoms with Gasteiger partial charge in [0.25, 0.3) is 0 Å². The fourth-order valence-corrected chi connectivity index (χ4v) is 4.18. The zero-order valence-corrected chi connectivity index (χ0v) is 18.1. The van der Waals surface area contributed by atoms with Crippen LogP contribution in [0, 0.1) is 11.3 Å². The van der Waals surface area contributed by atoms with Crippen LogP contribution < -0.4 is 10.1 Å². The maximum atomic E-state index is 12.7. The van der Waals surface area contributed by atoms with Crippen molar-refractivity contribution in [3.8, 4) is 11.8 Å². The minimum absolute atomic E-state index is 0.152. The Morgan fingerprint density at radius 1 is 1.34 bits per heavy atom. The van der Waals surface area contributed by atoms with E-state index >= 15 is 0 Å². The van der Waals surface area contributed by atoms with Gasteiger partial charge in [-0.2, -0.15) is 5.26 Å². The fraction of sp³-hybridized carbons (Fsp3) is 0.500. The largest absolute Gasteiger partial charge is 0.486 e. The second-order valence-electron chi connectivity index (χ2n) is 7.20. The summed E-state index contributed by atoms with van der Waals surface area (Å²) in [4.78, 5) is 12.7. The van der Waals surface area contributed by atoms with Crippen molar-refractivity contribution in [3.05, 3.63) is 35.1 Å². The van der Waals surface area contributed by atoms with Crippen LogP contribution >= 0.6 is 23.4 Å². The SMILES string of the molecule is CC(Sc1nnc(COc2ccc(Cl)cc2)n1C)C(=O)NC1(C#N)CCCCC1. The van der Waals surface area contributed by atoms with E-state index in [9.17, 15) is 10.1 Å². The Kier molecular flexibility index (Phi) is 7.04. The zero-order valence-electron chi connectivity index (χ0n) is 16.5. The average molecular weight is 434 g/mol. The maximum absolute atomic E-state index is 12.7. The Hall–Kier alpha value is -2.24. The van der Waals surface area contributed by atoms with Gasteiger partial charge in [-0.15, -0.1) is 10.2 Å². The predicted octanol–water partition coefficient (Wildman–Crippen LogP) is 3.87. The molecule has 1 atom stereocenters. The summed E-state index contributed by atoms with van der Waals surface area (Å²) in [6.45, 7) is 2.07. The van der Waals surface area contributed by atoms with Crippen LogP contribution in [0.3, 0.4) is 0 Å². The van der Waals surface area contributed by atoms with Gasteiger partial charge in [0.2, 0.25) is 5.91 Å². The van der Waals surface area contributed by atoms with Crippen LogP contribution in [0.25, 0.3) is 0 Å². The topological polar surface area (TPSA) is 92.8 Å². The summed E-state index contributed by atoms with van der Waals surface area (Å²) in [6, 6.07) is 9.42. The number of thioether (sulfide) groups is 1. The molecule has 9 heteroatoms. The number of hydrogen-bond acceptors (Lipinski definition) is 6. The van der Waals surface area contributed by atoms with E-state index in [0.717, 1.165) is 19.3 Å². The highest BCUT2D eigenvalue weighted by atomic mass is 35.5. The molecule has 1 aromatic heterocycles. The molecule has 0 bridgehead atoms. The monoisotopic (exact) mass is 433 g/mol. The molecule has 7 nitrogen and oxygen atoms in total. The zero-order chi connectivity index (χ0) is 20.9. The number of nitrogens with one attached hydrogen (secondary N) is 1. The molecule has 154 valence electrons. The number of carbonyl (C=O) groups excluding carboxylic acids is 1. The predicted molar refractivity (Wildman–Crippen MR) is 112 cm³/mol. The van der Waals surface area contributed by atoms with E-state index in [1.165, 1.54) is 11.8 Å². The minimum atomic E-state index is -0.735. The lowest BCUT2D eigenvalue weighted by molar-refractivity contribution is -0.121. The maximum Gasteiger partial charge on any atom is 0.234 e. The first-order valence-electron chi connectivity index (χ1n) is 9.59. The van der Waals surface area contributed by atoms with Crippen LogP contribution in [0.15, 0.2) is 29.4 Å². The molecule has 0 spiro atoms. The molecule has 1 heterocycles. The van der Waals surface area contributed by atoms with E-state index < -0.39 is 10.8 Å². The van der Waals surface area contributed by atoms with Crippen molar-refractivity contribution >= 4 is 29.3 Å². The first-order chi connectivity index (χ1) is 13.9. The first kappa shape index (κ1) is 21.5. The Labute approximate surface area is 179 Å². The van der Waals surface area contributed by atoms with Gasteiger partial charge in [-0.1, -0.05) is 42.6 Å². The van der Waals surface area contributed by atoms with Crippen LogP contribution in [-0.2, 0) is 18.4 Å². The summed E-state index contributed by atoms with van der Waals surface area (Å²) in [6.07, 6.45) is 4.47. The van der Waals surface area contributed by atoms with E-state index in [1.807, 2.05) is 18.5 Å². The van der Waals surface area contributed by atoms with E-state index in [-0.39, 0.29) is 12.5 Å². The van der Waals surface area contributed by atoms with E-state index in [1.54, 1.807) is 24.3 Å². The van der Waals surface area contributed by atoms with Gasteiger partial charge in [-0.25, -0.2) is 0 Å². The molecular weight excluding hydrogens is 410 g/mol. The van der Waals surface area contributed by atoms with Crippen LogP contribution in [0.4, 0.5) is 0 Å². The average Bonchev–Trinajstić information content (AvgIpc) is 3.07. The summed E-state index contributed by atoms with van der Waals surface area (Å²) in [5.41, 5.74) is -0.735. The number of carbonyl (C=O) groups is 1. The van der Waals surface area contributed by atoms with Crippen molar-refractivity contribution in [1.29, 1.82) is 5.26 Å². The molecule has 1 fully saturated rings. The number of halogens is 1. The normalized spacial score (nSPS) is 16.6. The number of ether oxygens (including phenoxy) is 1. The number of benzene rings is 1. The summed E-state index contributed by atoms with van der Waals surface area (Å²) < 4.78 is 7.53. The lowest BCUT2D eigenvalue weighted by Crippen LogP contribution is -2.50. The molecule has 1 N–H and O–H groups in total. The van der Waals surface area contributed by atoms with Gasteiger partial charge >= 0.3 is 0 Å². The van der Waals surface area contributed by atoms with Crippen molar-refractivity contribution < 1.29 is 9.53 Å². The van der Waals surface area contributed by atoms with Gasteiger partial charge in [0.05, 0.1) is 11.3 Å². The van der Waals surface area contributed by atoms with Gasteiger partial charge < -0.3 is 14.6 Å². The van der Waals surface area contributed by atoms with E-state index in [0.29, 0.717) is 34.6 Å².